The summed E-state index contributed by atoms with van der Waals surface area (Å²) in [4.78, 5) is 3.93. The first-order chi connectivity index (χ1) is 6.87. The van der Waals surface area contributed by atoms with Crippen molar-refractivity contribution in [3.8, 4) is 6.07 Å². The van der Waals surface area contributed by atoms with Crippen LogP contribution in [0.3, 0.4) is 0 Å². The molecule has 1 aliphatic heterocycles. The van der Waals surface area contributed by atoms with Crippen LogP contribution < -0.4 is 5.32 Å². The Kier molecular flexibility index (Phi) is 2.04. The van der Waals surface area contributed by atoms with Crippen molar-refractivity contribution in [1.82, 2.24) is 10.3 Å². The zero-order chi connectivity index (χ0) is 9.86. The highest BCUT2D eigenvalue weighted by Gasteiger charge is 2.27. The van der Waals surface area contributed by atoms with Gasteiger partial charge in [0.1, 0.15) is 5.41 Å². The molecule has 0 aromatic carbocycles. The average Bonchev–Trinajstić information content (AvgIpc) is 2.31. The van der Waals surface area contributed by atoms with Crippen molar-refractivity contribution in [3.05, 3.63) is 54.6 Å². The first-order valence-electron chi connectivity index (χ1n) is 4.31. The number of aromatic nitrogens is 1. The number of hydrogen-bond donors (Lipinski definition) is 1. The molecule has 1 aromatic rings. The molecule has 14 heavy (non-hydrogen) atoms. The van der Waals surface area contributed by atoms with E-state index in [4.69, 9.17) is 0 Å². The van der Waals surface area contributed by atoms with Crippen molar-refractivity contribution >= 4 is 0 Å². The van der Waals surface area contributed by atoms with Crippen LogP contribution >= 0.6 is 0 Å². The fourth-order valence-corrected chi connectivity index (χ4v) is 1.43. The van der Waals surface area contributed by atoms with E-state index in [9.17, 15) is 5.26 Å². The molecule has 2 rings (SSSR count). The van der Waals surface area contributed by atoms with Crippen LogP contribution in [0.15, 0.2) is 49.1 Å². The maximum absolute atomic E-state index is 9.19. The first kappa shape index (κ1) is 8.52. The van der Waals surface area contributed by atoms with Gasteiger partial charge >= 0.3 is 0 Å². The fourth-order valence-electron chi connectivity index (χ4n) is 1.43. The molecule has 0 saturated heterocycles. The van der Waals surface area contributed by atoms with Crippen molar-refractivity contribution < 1.29 is 0 Å². The Balaban J connectivity index is 2.49. The first-order valence-corrected chi connectivity index (χ1v) is 4.31. The SMILES string of the molecule is N#CC1(c2ccncc2)C=CNC=C1. The summed E-state index contributed by atoms with van der Waals surface area (Å²) >= 11 is 0. The van der Waals surface area contributed by atoms with Gasteiger partial charge in [-0.2, -0.15) is 5.26 Å². The average molecular weight is 183 g/mol. The van der Waals surface area contributed by atoms with Gasteiger partial charge in [0.15, 0.2) is 0 Å². The van der Waals surface area contributed by atoms with Crippen molar-refractivity contribution in [1.29, 1.82) is 5.26 Å². The third kappa shape index (κ3) is 1.27. The zero-order valence-corrected chi connectivity index (χ0v) is 7.51. The molecule has 0 fully saturated rings. The van der Waals surface area contributed by atoms with Crippen LogP contribution in [0.4, 0.5) is 0 Å². The van der Waals surface area contributed by atoms with Gasteiger partial charge in [-0.1, -0.05) is 0 Å². The highest BCUT2D eigenvalue weighted by molar-refractivity contribution is 5.44. The molecule has 0 amide bonds. The van der Waals surface area contributed by atoms with Crippen LogP contribution in [0.2, 0.25) is 0 Å². The topological polar surface area (TPSA) is 48.7 Å². The Bertz CT molecular complexity index is 400. The van der Waals surface area contributed by atoms with Gasteiger partial charge in [-0.3, -0.25) is 4.98 Å². The molecule has 3 nitrogen and oxygen atoms in total. The minimum absolute atomic E-state index is 0.645. The summed E-state index contributed by atoms with van der Waals surface area (Å²) in [5, 5.41) is 12.1. The molecule has 0 saturated carbocycles. The molecule has 0 spiro atoms. The van der Waals surface area contributed by atoms with Crippen molar-refractivity contribution in [3.63, 3.8) is 0 Å². The Morgan fingerprint density at radius 3 is 2.43 bits per heavy atom. The molecule has 1 N–H and O–H groups in total. The number of dihydropyridines is 1. The molecule has 1 aromatic heterocycles. The summed E-state index contributed by atoms with van der Waals surface area (Å²) in [5.74, 6) is 0. The van der Waals surface area contributed by atoms with E-state index in [2.05, 4.69) is 16.4 Å². The molecular formula is C11H9N3. The number of nitrogens with one attached hydrogen (secondary N) is 1. The van der Waals surface area contributed by atoms with Crippen molar-refractivity contribution in [2.75, 3.05) is 0 Å². The molecule has 0 radical (unpaired) electrons. The van der Waals surface area contributed by atoms with Gasteiger partial charge in [0.2, 0.25) is 0 Å². The Hall–Kier alpha value is -2.08. The van der Waals surface area contributed by atoms with E-state index in [0.29, 0.717) is 0 Å². The Morgan fingerprint density at radius 1 is 1.21 bits per heavy atom. The van der Waals surface area contributed by atoms with Crippen molar-refractivity contribution in [2.24, 2.45) is 0 Å². The molecule has 2 heterocycles. The van der Waals surface area contributed by atoms with Crippen LogP contribution in [-0.4, -0.2) is 4.98 Å². The van der Waals surface area contributed by atoms with E-state index >= 15 is 0 Å². The van der Waals surface area contributed by atoms with E-state index < -0.39 is 5.41 Å². The summed E-state index contributed by atoms with van der Waals surface area (Å²) in [7, 11) is 0. The monoisotopic (exact) mass is 183 g/mol. The second kappa shape index (κ2) is 3.35. The number of allylic oxidation sites excluding steroid dienone is 2. The Labute approximate surface area is 82.4 Å². The molecule has 0 atom stereocenters. The van der Waals surface area contributed by atoms with E-state index in [1.165, 1.54) is 0 Å². The van der Waals surface area contributed by atoms with Gasteiger partial charge in [-0.05, 0) is 42.2 Å². The summed E-state index contributed by atoms with van der Waals surface area (Å²) in [6, 6.07) is 5.99. The van der Waals surface area contributed by atoms with Crippen LogP contribution in [0, 0.1) is 11.3 Å². The van der Waals surface area contributed by atoms with E-state index in [1.54, 1.807) is 24.8 Å². The molecule has 3 heteroatoms. The maximum Gasteiger partial charge on any atom is 0.122 e. The smallest absolute Gasteiger partial charge is 0.122 e. The number of rotatable bonds is 1. The molecule has 68 valence electrons. The zero-order valence-electron chi connectivity index (χ0n) is 7.51. The number of nitrogens with zero attached hydrogens (tertiary/aromatic N) is 2. The minimum atomic E-state index is -0.645. The third-order valence-corrected chi connectivity index (χ3v) is 2.23. The summed E-state index contributed by atoms with van der Waals surface area (Å²) < 4.78 is 0. The molecule has 1 aliphatic rings. The van der Waals surface area contributed by atoms with E-state index in [1.807, 2.05) is 24.3 Å². The molecular weight excluding hydrogens is 174 g/mol. The third-order valence-electron chi connectivity index (χ3n) is 2.23. The van der Waals surface area contributed by atoms with Gasteiger partial charge in [0.25, 0.3) is 0 Å². The van der Waals surface area contributed by atoms with Crippen molar-refractivity contribution in [2.45, 2.75) is 5.41 Å². The minimum Gasteiger partial charge on any atom is -0.368 e. The van der Waals surface area contributed by atoms with Gasteiger partial charge in [-0.25, -0.2) is 0 Å². The lowest BCUT2D eigenvalue weighted by molar-refractivity contribution is 0.831. The van der Waals surface area contributed by atoms with Crippen LogP contribution in [-0.2, 0) is 5.41 Å². The van der Waals surface area contributed by atoms with Gasteiger partial charge in [0.05, 0.1) is 6.07 Å². The van der Waals surface area contributed by atoms with Crippen LogP contribution in [0.1, 0.15) is 5.56 Å². The predicted octanol–water partition coefficient (Wildman–Crippen LogP) is 1.47. The summed E-state index contributed by atoms with van der Waals surface area (Å²) in [5.41, 5.74) is 0.290. The summed E-state index contributed by atoms with van der Waals surface area (Å²) in [6.07, 6.45) is 10.6. The van der Waals surface area contributed by atoms with Gasteiger partial charge in [0, 0.05) is 12.4 Å². The quantitative estimate of drug-likeness (QED) is 0.717. The highest BCUT2D eigenvalue weighted by atomic mass is 14.8. The van der Waals surface area contributed by atoms with E-state index in [-0.39, 0.29) is 0 Å². The van der Waals surface area contributed by atoms with E-state index in [0.717, 1.165) is 5.56 Å². The lowest BCUT2D eigenvalue weighted by Gasteiger charge is -2.21. The Morgan fingerprint density at radius 2 is 1.86 bits per heavy atom. The maximum atomic E-state index is 9.19. The molecule has 0 unspecified atom stereocenters. The second-order valence-electron chi connectivity index (χ2n) is 3.05. The summed E-state index contributed by atoms with van der Waals surface area (Å²) in [6.45, 7) is 0. The predicted molar refractivity (Wildman–Crippen MR) is 52.9 cm³/mol. The second-order valence-corrected chi connectivity index (χ2v) is 3.05. The number of nitriles is 1. The number of pyridine rings is 1. The number of hydrogen-bond acceptors (Lipinski definition) is 3. The van der Waals surface area contributed by atoms with Crippen LogP contribution in [0.5, 0.6) is 0 Å². The lowest BCUT2D eigenvalue weighted by atomic mass is 9.81. The molecule has 0 aliphatic carbocycles. The van der Waals surface area contributed by atoms with Gasteiger partial charge < -0.3 is 5.32 Å². The molecule has 0 bridgehead atoms. The largest absolute Gasteiger partial charge is 0.368 e. The highest BCUT2D eigenvalue weighted by Crippen LogP contribution is 2.27. The van der Waals surface area contributed by atoms with Crippen LogP contribution in [0.25, 0.3) is 0 Å². The van der Waals surface area contributed by atoms with Gasteiger partial charge in [-0.15, -0.1) is 0 Å². The normalized spacial score (nSPS) is 17.1. The lowest BCUT2D eigenvalue weighted by Crippen LogP contribution is -2.22. The standard InChI is InChI=1S/C11H9N3/c12-9-11(3-7-14-8-4-11)10-1-5-13-6-2-10/h1-8,14H. The fraction of sp³-hybridized carbons (Fsp3) is 0.0909.